The topological polar surface area (TPSA) is 116 Å². The predicted octanol–water partition coefficient (Wildman–Crippen LogP) is 2.22. The zero-order valence-electron chi connectivity index (χ0n) is 17.1. The van der Waals surface area contributed by atoms with E-state index >= 15 is 0 Å². The molecule has 8 heteroatoms. The number of phenols is 1. The van der Waals surface area contributed by atoms with E-state index in [1.54, 1.807) is 0 Å². The van der Waals surface area contributed by atoms with Crippen molar-refractivity contribution < 1.29 is 28.1 Å². The van der Waals surface area contributed by atoms with Gasteiger partial charge in [-0.3, -0.25) is 0 Å². The van der Waals surface area contributed by atoms with Crippen molar-refractivity contribution in [3.8, 4) is 5.75 Å². The van der Waals surface area contributed by atoms with Crippen molar-refractivity contribution in [3.63, 3.8) is 0 Å². The third-order valence-electron chi connectivity index (χ3n) is 4.01. The molecule has 0 aliphatic carbocycles. The molecule has 3 N–H and O–H groups in total. The molecule has 0 spiro atoms. The van der Waals surface area contributed by atoms with E-state index in [2.05, 4.69) is 79.9 Å². The van der Waals surface area contributed by atoms with E-state index in [1.165, 1.54) is 16.8 Å². The summed E-state index contributed by atoms with van der Waals surface area (Å²) >= 11 is 0. The quantitative estimate of drug-likeness (QED) is 0.503. The first-order valence-electron chi connectivity index (χ1n) is 8.81. The molecule has 0 bridgehead atoms. The Morgan fingerprint density at radius 2 is 1.33 bits per heavy atom. The van der Waals surface area contributed by atoms with Crippen LogP contribution in [-0.4, -0.2) is 37.6 Å². The lowest BCUT2D eigenvalue weighted by molar-refractivity contribution is -0.671. The van der Waals surface area contributed by atoms with Crippen LogP contribution in [0.3, 0.4) is 0 Å². The summed E-state index contributed by atoms with van der Waals surface area (Å²) < 4.78 is 33.0. The highest BCUT2D eigenvalue weighted by Crippen LogP contribution is 2.14. The van der Waals surface area contributed by atoms with Gasteiger partial charge in [-0.2, -0.15) is 0 Å². The lowest BCUT2D eigenvalue weighted by Gasteiger charge is -2.11. The van der Waals surface area contributed by atoms with Gasteiger partial charge in [0.1, 0.15) is 22.9 Å². The van der Waals surface area contributed by atoms with Crippen LogP contribution in [0.1, 0.15) is 11.1 Å². The van der Waals surface area contributed by atoms with Crippen molar-refractivity contribution in [2.24, 2.45) is 7.05 Å². The minimum absolute atomic E-state index is 0. The molecule has 2 aromatic carbocycles. The van der Waals surface area contributed by atoms with Crippen LogP contribution < -0.4 is 9.47 Å². The molecule has 7 nitrogen and oxygen atoms in total. The SMILES string of the molecule is CN(C)c1ccc(/C=C/c2cc[n+](C)cc2)cc1.O.O=S(=O)([O-])c1ccc(O)cc1. The summed E-state index contributed by atoms with van der Waals surface area (Å²) in [5.74, 6) is -0.0719. The van der Waals surface area contributed by atoms with Crippen molar-refractivity contribution in [3.05, 3.63) is 84.2 Å². The highest BCUT2D eigenvalue weighted by Gasteiger charge is 1.99. The van der Waals surface area contributed by atoms with Crippen LogP contribution in [0.25, 0.3) is 12.2 Å². The molecule has 160 valence electrons. The van der Waals surface area contributed by atoms with Crippen LogP contribution in [0.4, 0.5) is 5.69 Å². The minimum atomic E-state index is -4.38. The van der Waals surface area contributed by atoms with Crippen molar-refractivity contribution in [2.75, 3.05) is 19.0 Å². The van der Waals surface area contributed by atoms with Gasteiger partial charge >= 0.3 is 0 Å². The molecule has 0 aliphatic heterocycles. The summed E-state index contributed by atoms with van der Waals surface area (Å²) in [5, 5.41) is 8.73. The third kappa shape index (κ3) is 8.04. The molecular formula is C22H26N2O5S. The Kier molecular flexibility index (Phi) is 9.19. The van der Waals surface area contributed by atoms with E-state index < -0.39 is 10.1 Å². The fourth-order valence-electron chi connectivity index (χ4n) is 2.31. The van der Waals surface area contributed by atoms with Gasteiger partial charge in [-0.05, 0) is 47.5 Å². The van der Waals surface area contributed by atoms with Gasteiger partial charge < -0.3 is 20.0 Å². The standard InChI is InChI=1S/C16H19N2.C6H6O4S.H2O/c1-17(2)16-8-6-14(7-9-16)4-5-15-10-12-18(3)13-11-15;7-5-1-3-6(4-2-5)11(8,9)10;/h4-13H,1-3H3;1-4,7H,(H,8,9,10);1H2/q+1;;/p-1. The van der Waals surface area contributed by atoms with Crippen LogP contribution in [-0.2, 0) is 17.2 Å². The fourth-order valence-corrected chi connectivity index (χ4v) is 2.78. The van der Waals surface area contributed by atoms with Gasteiger partial charge in [0.2, 0.25) is 0 Å². The summed E-state index contributed by atoms with van der Waals surface area (Å²) in [6.45, 7) is 0. The number of nitrogens with zero attached hydrogens (tertiary/aromatic N) is 2. The Hall–Kier alpha value is -3.20. The molecule has 0 radical (unpaired) electrons. The highest BCUT2D eigenvalue weighted by molar-refractivity contribution is 7.85. The zero-order chi connectivity index (χ0) is 21.4. The van der Waals surface area contributed by atoms with Crippen LogP contribution >= 0.6 is 0 Å². The van der Waals surface area contributed by atoms with Gasteiger partial charge in [0.15, 0.2) is 12.4 Å². The van der Waals surface area contributed by atoms with Crippen LogP contribution in [0.15, 0.2) is 78.0 Å². The number of phenolic OH excluding ortho intramolecular Hbond substituents is 1. The van der Waals surface area contributed by atoms with Crippen LogP contribution in [0.2, 0.25) is 0 Å². The fraction of sp³-hybridized carbons (Fsp3) is 0.136. The van der Waals surface area contributed by atoms with Gasteiger partial charge in [-0.15, -0.1) is 0 Å². The van der Waals surface area contributed by atoms with Gasteiger partial charge in [-0.25, -0.2) is 13.0 Å². The molecule has 0 unspecified atom stereocenters. The minimum Gasteiger partial charge on any atom is -0.744 e. The summed E-state index contributed by atoms with van der Waals surface area (Å²) in [7, 11) is 1.74. The summed E-state index contributed by atoms with van der Waals surface area (Å²) in [6.07, 6.45) is 8.36. The number of aromatic nitrogens is 1. The van der Waals surface area contributed by atoms with E-state index in [9.17, 15) is 13.0 Å². The number of benzene rings is 2. The van der Waals surface area contributed by atoms with E-state index in [4.69, 9.17) is 5.11 Å². The Morgan fingerprint density at radius 1 is 0.867 bits per heavy atom. The number of pyridine rings is 1. The lowest BCUT2D eigenvalue weighted by atomic mass is 10.1. The van der Waals surface area contributed by atoms with Gasteiger partial charge in [0, 0.05) is 31.9 Å². The Morgan fingerprint density at radius 3 is 1.77 bits per heavy atom. The Labute approximate surface area is 177 Å². The Balaban J connectivity index is 0.000000324. The summed E-state index contributed by atoms with van der Waals surface area (Å²) in [6, 6.07) is 17.1. The number of aromatic hydroxyl groups is 1. The maximum absolute atomic E-state index is 10.3. The van der Waals surface area contributed by atoms with Crippen molar-refractivity contribution in [2.45, 2.75) is 4.90 Å². The number of hydrogen-bond donors (Lipinski definition) is 1. The van der Waals surface area contributed by atoms with Gasteiger partial charge in [0.05, 0.1) is 4.90 Å². The molecular weight excluding hydrogens is 404 g/mol. The number of hydrogen-bond acceptors (Lipinski definition) is 5. The second-order valence-electron chi connectivity index (χ2n) is 6.56. The van der Waals surface area contributed by atoms with Crippen LogP contribution in [0.5, 0.6) is 5.75 Å². The smallest absolute Gasteiger partial charge is 0.169 e. The van der Waals surface area contributed by atoms with Crippen molar-refractivity contribution in [1.29, 1.82) is 0 Å². The molecule has 3 aromatic rings. The normalized spacial score (nSPS) is 10.7. The van der Waals surface area contributed by atoms with Crippen molar-refractivity contribution >= 4 is 28.0 Å². The number of aryl methyl sites for hydroxylation is 1. The summed E-state index contributed by atoms with van der Waals surface area (Å²) in [4.78, 5) is 1.76. The maximum Gasteiger partial charge on any atom is 0.169 e. The van der Waals surface area contributed by atoms with E-state index in [1.807, 2.05) is 11.6 Å². The molecule has 0 saturated heterocycles. The third-order valence-corrected chi connectivity index (χ3v) is 4.86. The van der Waals surface area contributed by atoms with Crippen LogP contribution in [0, 0.1) is 0 Å². The first-order valence-corrected chi connectivity index (χ1v) is 10.2. The molecule has 0 amide bonds. The average molecular weight is 431 g/mol. The molecule has 1 aromatic heterocycles. The van der Waals surface area contributed by atoms with E-state index in [-0.39, 0.29) is 16.1 Å². The molecule has 30 heavy (non-hydrogen) atoms. The summed E-state index contributed by atoms with van der Waals surface area (Å²) in [5.41, 5.74) is 3.65. The largest absolute Gasteiger partial charge is 0.744 e. The average Bonchev–Trinajstić information content (AvgIpc) is 2.68. The zero-order valence-corrected chi connectivity index (χ0v) is 17.9. The molecule has 3 rings (SSSR count). The van der Waals surface area contributed by atoms with E-state index in [0.717, 1.165) is 24.3 Å². The first-order chi connectivity index (χ1) is 13.6. The molecule has 0 atom stereocenters. The molecule has 0 fully saturated rings. The van der Waals surface area contributed by atoms with E-state index in [0.29, 0.717) is 0 Å². The lowest BCUT2D eigenvalue weighted by Crippen LogP contribution is -2.25. The molecule has 0 aliphatic rings. The monoisotopic (exact) mass is 430 g/mol. The number of rotatable bonds is 4. The first kappa shape index (κ1) is 24.8. The maximum atomic E-state index is 10.3. The second kappa shape index (κ2) is 11.1. The molecule has 0 saturated carbocycles. The Bertz CT molecular complexity index is 1040. The van der Waals surface area contributed by atoms with Crippen molar-refractivity contribution in [1.82, 2.24) is 0 Å². The van der Waals surface area contributed by atoms with Gasteiger partial charge in [0.25, 0.3) is 0 Å². The predicted molar refractivity (Wildman–Crippen MR) is 117 cm³/mol. The molecule has 1 heterocycles. The number of anilines is 1. The second-order valence-corrected chi connectivity index (χ2v) is 7.94. The highest BCUT2D eigenvalue weighted by atomic mass is 32.2. The van der Waals surface area contributed by atoms with Gasteiger partial charge in [-0.1, -0.05) is 24.3 Å².